The van der Waals surface area contributed by atoms with E-state index in [1.165, 1.54) is 0 Å². The predicted molar refractivity (Wildman–Crippen MR) is 55.0 cm³/mol. The number of carboxylic acid groups (broad SMARTS) is 1. The Morgan fingerprint density at radius 3 is 2.86 bits per heavy atom. The molecule has 14 heavy (non-hydrogen) atoms. The van der Waals surface area contributed by atoms with E-state index in [4.69, 9.17) is 22.4 Å². The molecule has 0 fully saturated rings. The van der Waals surface area contributed by atoms with Crippen molar-refractivity contribution in [3.8, 4) is 0 Å². The quantitative estimate of drug-likeness (QED) is 0.666. The smallest absolute Gasteiger partial charge is 0.331 e. The molecule has 0 saturated heterocycles. The number of hydrogen-bond acceptors (Lipinski definition) is 3. The first kappa shape index (κ1) is 10.4. The number of carbonyl (C=O) groups is 1. The fourth-order valence-corrected chi connectivity index (χ4v) is 1.09. The van der Waals surface area contributed by atoms with Crippen LogP contribution in [0.2, 0.25) is 5.02 Å². The lowest BCUT2D eigenvalue weighted by Gasteiger charge is -2.05. The van der Waals surface area contributed by atoms with E-state index in [1.54, 1.807) is 24.3 Å². The van der Waals surface area contributed by atoms with Crippen LogP contribution in [0.25, 0.3) is 0 Å². The minimum atomic E-state index is -1.10. The fraction of sp³-hybridized carbons (Fsp3) is 0. The van der Waals surface area contributed by atoms with Crippen molar-refractivity contribution in [1.29, 1.82) is 0 Å². The zero-order valence-electron chi connectivity index (χ0n) is 7.20. The Hall–Kier alpha value is -1.68. The van der Waals surface area contributed by atoms with Crippen molar-refractivity contribution in [2.75, 3.05) is 5.32 Å². The Morgan fingerprint density at radius 1 is 1.57 bits per heavy atom. The van der Waals surface area contributed by atoms with Gasteiger partial charge >= 0.3 is 5.97 Å². The molecule has 0 aliphatic carbocycles. The summed E-state index contributed by atoms with van der Waals surface area (Å²) in [7, 11) is 0. The molecule has 0 heterocycles. The number of halogens is 1. The lowest BCUT2D eigenvalue weighted by Crippen LogP contribution is -2.11. The van der Waals surface area contributed by atoms with Gasteiger partial charge in [0.05, 0.1) is 6.08 Å². The largest absolute Gasteiger partial charge is 0.478 e. The second kappa shape index (κ2) is 4.53. The van der Waals surface area contributed by atoms with Crippen LogP contribution in [0.15, 0.2) is 36.2 Å². The second-order valence-corrected chi connectivity index (χ2v) is 3.01. The third-order valence-corrected chi connectivity index (χ3v) is 1.63. The van der Waals surface area contributed by atoms with Gasteiger partial charge in [0.15, 0.2) is 0 Å². The molecule has 0 aromatic heterocycles. The van der Waals surface area contributed by atoms with Gasteiger partial charge in [0.2, 0.25) is 0 Å². The molecule has 1 rings (SSSR count). The van der Waals surface area contributed by atoms with E-state index in [2.05, 4.69) is 5.32 Å². The van der Waals surface area contributed by atoms with Gasteiger partial charge in [-0.15, -0.1) is 0 Å². The van der Waals surface area contributed by atoms with Crippen LogP contribution in [0, 0.1) is 0 Å². The monoisotopic (exact) mass is 212 g/mol. The Kier molecular flexibility index (Phi) is 3.36. The van der Waals surface area contributed by atoms with Crippen molar-refractivity contribution >= 4 is 23.3 Å². The van der Waals surface area contributed by atoms with E-state index in [-0.39, 0.29) is 5.82 Å². The summed E-state index contributed by atoms with van der Waals surface area (Å²) in [6.07, 6.45) is 0.876. The average Bonchev–Trinajstić information content (AvgIpc) is 2.01. The minimum absolute atomic E-state index is 0.0553. The number of anilines is 1. The first-order chi connectivity index (χ1) is 6.58. The van der Waals surface area contributed by atoms with Crippen molar-refractivity contribution in [1.82, 2.24) is 0 Å². The molecular formula is C9H9ClN2O2. The second-order valence-electron chi connectivity index (χ2n) is 2.57. The molecule has 0 bridgehead atoms. The number of benzene rings is 1. The zero-order chi connectivity index (χ0) is 10.6. The van der Waals surface area contributed by atoms with Crippen LogP contribution in [-0.4, -0.2) is 11.1 Å². The maximum absolute atomic E-state index is 10.2. The molecule has 0 aliphatic rings. The maximum atomic E-state index is 10.2. The lowest BCUT2D eigenvalue weighted by molar-refractivity contribution is -0.131. The number of aliphatic carboxylic acids is 1. The molecular weight excluding hydrogens is 204 g/mol. The average molecular weight is 213 g/mol. The number of carboxylic acids is 1. The Bertz CT molecular complexity index is 377. The molecule has 4 N–H and O–H groups in total. The zero-order valence-corrected chi connectivity index (χ0v) is 7.95. The molecule has 0 spiro atoms. The predicted octanol–water partition coefficient (Wildman–Crippen LogP) is 1.64. The molecule has 0 unspecified atom stereocenters. The molecule has 1 aromatic rings. The van der Waals surface area contributed by atoms with Crippen LogP contribution in [-0.2, 0) is 4.79 Å². The van der Waals surface area contributed by atoms with Crippen molar-refractivity contribution in [3.05, 3.63) is 41.2 Å². The summed E-state index contributed by atoms with van der Waals surface area (Å²) in [4.78, 5) is 10.2. The summed E-state index contributed by atoms with van der Waals surface area (Å²) in [5.74, 6) is -1.04. The van der Waals surface area contributed by atoms with E-state index < -0.39 is 5.97 Å². The number of nitrogens with one attached hydrogen (secondary N) is 1. The van der Waals surface area contributed by atoms with Crippen LogP contribution in [0.4, 0.5) is 5.69 Å². The molecule has 0 saturated carbocycles. The standard InChI is InChI=1S/C9H9ClN2O2/c10-6-2-1-3-7(4-6)12-8(11)5-9(13)14/h1-5,12H,11H2,(H,13,14)/b8-5-. The highest BCUT2D eigenvalue weighted by molar-refractivity contribution is 6.30. The first-order valence-electron chi connectivity index (χ1n) is 3.80. The van der Waals surface area contributed by atoms with E-state index in [0.29, 0.717) is 10.7 Å². The van der Waals surface area contributed by atoms with Crippen molar-refractivity contribution in [2.24, 2.45) is 5.73 Å². The molecule has 4 nitrogen and oxygen atoms in total. The van der Waals surface area contributed by atoms with Crippen LogP contribution in [0.5, 0.6) is 0 Å². The van der Waals surface area contributed by atoms with Gasteiger partial charge in [0, 0.05) is 10.7 Å². The normalized spacial score (nSPS) is 11.1. The summed E-state index contributed by atoms with van der Waals surface area (Å²) in [5, 5.41) is 11.6. The molecule has 1 aromatic carbocycles. The van der Waals surface area contributed by atoms with Gasteiger partial charge in [-0.2, -0.15) is 0 Å². The summed E-state index contributed by atoms with van der Waals surface area (Å²) in [6.45, 7) is 0. The molecule has 5 heteroatoms. The highest BCUT2D eigenvalue weighted by Gasteiger charge is 1.96. The van der Waals surface area contributed by atoms with E-state index in [9.17, 15) is 4.79 Å². The van der Waals surface area contributed by atoms with Crippen LogP contribution in [0.1, 0.15) is 0 Å². The van der Waals surface area contributed by atoms with Gasteiger partial charge in [0.25, 0.3) is 0 Å². The first-order valence-corrected chi connectivity index (χ1v) is 4.18. The highest BCUT2D eigenvalue weighted by atomic mass is 35.5. The Morgan fingerprint density at radius 2 is 2.29 bits per heavy atom. The topological polar surface area (TPSA) is 75.4 Å². The number of rotatable bonds is 3. The third kappa shape index (κ3) is 3.37. The Labute approximate surface area is 86.0 Å². The van der Waals surface area contributed by atoms with E-state index in [0.717, 1.165) is 6.08 Å². The minimum Gasteiger partial charge on any atom is -0.478 e. The molecule has 0 amide bonds. The third-order valence-electron chi connectivity index (χ3n) is 1.39. The SMILES string of the molecule is N/C(=C/C(=O)O)Nc1cccc(Cl)c1. The van der Waals surface area contributed by atoms with Gasteiger partial charge in [-0.3, -0.25) is 0 Å². The Balaban J connectivity index is 2.74. The molecule has 0 radical (unpaired) electrons. The van der Waals surface area contributed by atoms with Crippen molar-refractivity contribution in [3.63, 3.8) is 0 Å². The van der Waals surface area contributed by atoms with Gasteiger partial charge in [-0.05, 0) is 18.2 Å². The summed E-state index contributed by atoms with van der Waals surface area (Å²) < 4.78 is 0. The lowest BCUT2D eigenvalue weighted by atomic mass is 10.3. The number of nitrogens with two attached hydrogens (primary N) is 1. The van der Waals surface area contributed by atoms with Crippen LogP contribution < -0.4 is 11.1 Å². The van der Waals surface area contributed by atoms with Crippen LogP contribution >= 0.6 is 11.6 Å². The molecule has 0 aliphatic heterocycles. The summed E-state index contributed by atoms with van der Waals surface area (Å²) in [6, 6.07) is 6.82. The molecule has 74 valence electrons. The van der Waals surface area contributed by atoms with Crippen LogP contribution in [0.3, 0.4) is 0 Å². The maximum Gasteiger partial charge on any atom is 0.331 e. The summed E-state index contributed by atoms with van der Waals surface area (Å²) in [5.41, 5.74) is 6.03. The van der Waals surface area contributed by atoms with E-state index in [1.807, 2.05) is 0 Å². The van der Waals surface area contributed by atoms with Crippen molar-refractivity contribution in [2.45, 2.75) is 0 Å². The van der Waals surface area contributed by atoms with Gasteiger partial charge < -0.3 is 16.2 Å². The van der Waals surface area contributed by atoms with Gasteiger partial charge in [-0.25, -0.2) is 4.79 Å². The fourth-order valence-electron chi connectivity index (χ4n) is 0.902. The van der Waals surface area contributed by atoms with Gasteiger partial charge in [-0.1, -0.05) is 17.7 Å². The van der Waals surface area contributed by atoms with Crippen molar-refractivity contribution < 1.29 is 9.90 Å². The van der Waals surface area contributed by atoms with E-state index >= 15 is 0 Å². The highest BCUT2D eigenvalue weighted by Crippen LogP contribution is 2.15. The summed E-state index contributed by atoms with van der Waals surface area (Å²) >= 11 is 5.72. The van der Waals surface area contributed by atoms with Gasteiger partial charge in [0.1, 0.15) is 5.82 Å². The number of hydrogen-bond donors (Lipinski definition) is 3. The molecule has 0 atom stereocenters.